The van der Waals surface area contributed by atoms with Gasteiger partial charge in [-0.05, 0) is 31.1 Å². The molecule has 0 radical (unpaired) electrons. The van der Waals surface area contributed by atoms with E-state index in [0.29, 0.717) is 19.3 Å². The fraction of sp³-hybridized carbons (Fsp3) is 0.947. The highest BCUT2D eigenvalue weighted by Gasteiger charge is 2.19. The maximum Gasteiger partial charge on any atom is 0.306 e. The van der Waals surface area contributed by atoms with Crippen LogP contribution < -0.4 is 0 Å². The summed E-state index contributed by atoms with van der Waals surface area (Å²) in [6.45, 7) is 11.4. The van der Waals surface area contributed by atoms with Gasteiger partial charge in [-0.25, -0.2) is 0 Å². The minimum Gasteiger partial charge on any atom is -0.462 e. The standard InChI is InChI=1S/C57H110O6/c1-6-7-8-9-10-11-12-13-14-15-16-17-18-23-28-34-39-44-49-57(60)63-54(51-62-56(59)48-43-38-33-29-24-26-31-36-41-46-53(4)5)50-61-55(58)47-42-37-32-27-22-20-19-21-25-30-35-40-45-52(2)3/h52-54H,6-51H2,1-5H3/t54-/m0/s1. The molecule has 6 nitrogen and oxygen atoms in total. The van der Waals surface area contributed by atoms with E-state index in [4.69, 9.17) is 14.2 Å². The Hall–Kier alpha value is -1.59. The van der Waals surface area contributed by atoms with E-state index in [1.54, 1.807) is 0 Å². The lowest BCUT2D eigenvalue weighted by molar-refractivity contribution is -0.167. The van der Waals surface area contributed by atoms with Crippen molar-refractivity contribution in [2.45, 2.75) is 323 Å². The summed E-state index contributed by atoms with van der Waals surface area (Å²) in [4.78, 5) is 38.1. The summed E-state index contributed by atoms with van der Waals surface area (Å²) in [5.41, 5.74) is 0. The monoisotopic (exact) mass is 891 g/mol. The van der Waals surface area contributed by atoms with Crippen LogP contribution in [0, 0.1) is 11.8 Å². The second-order valence-corrected chi connectivity index (χ2v) is 20.5. The molecule has 0 fully saturated rings. The van der Waals surface area contributed by atoms with Crippen molar-refractivity contribution in [3.05, 3.63) is 0 Å². The predicted octanol–water partition coefficient (Wildman–Crippen LogP) is 18.5. The van der Waals surface area contributed by atoms with E-state index in [2.05, 4.69) is 34.6 Å². The molecule has 0 N–H and O–H groups in total. The lowest BCUT2D eigenvalue weighted by atomic mass is 10.0. The number of carbonyl (C=O) groups excluding carboxylic acids is 3. The Morgan fingerprint density at radius 1 is 0.302 bits per heavy atom. The lowest BCUT2D eigenvalue weighted by Gasteiger charge is -2.18. The molecule has 0 amide bonds. The van der Waals surface area contributed by atoms with Crippen LogP contribution in [0.3, 0.4) is 0 Å². The van der Waals surface area contributed by atoms with Crippen molar-refractivity contribution in [2.24, 2.45) is 11.8 Å². The van der Waals surface area contributed by atoms with E-state index >= 15 is 0 Å². The Kier molecular flexibility index (Phi) is 48.6. The van der Waals surface area contributed by atoms with Crippen molar-refractivity contribution in [3.8, 4) is 0 Å². The minimum absolute atomic E-state index is 0.0633. The Morgan fingerprint density at radius 3 is 0.778 bits per heavy atom. The summed E-state index contributed by atoms with van der Waals surface area (Å²) >= 11 is 0. The van der Waals surface area contributed by atoms with Crippen LogP contribution in [-0.2, 0) is 28.6 Å². The van der Waals surface area contributed by atoms with E-state index in [9.17, 15) is 14.4 Å². The van der Waals surface area contributed by atoms with Crippen molar-refractivity contribution in [1.29, 1.82) is 0 Å². The quantitative estimate of drug-likeness (QED) is 0.0344. The molecule has 0 rings (SSSR count). The van der Waals surface area contributed by atoms with Gasteiger partial charge < -0.3 is 14.2 Å². The fourth-order valence-corrected chi connectivity index (χ4v) is 8.70. The topological polar surface area (TPSA) is 78.9 Å². The van der Waals surface area contributed by atoms with Gasteiger partial charge in [0.05, 0.1) is 0 Å². The van der Waals surface area contributed by atoms with E-state index < -0.39 is 6.10 Å². The number of rotatable bonds is 51. The number of unbranched alkanes of at least 4 members (excludes halogenated alkanes) is 36. The number of carbonyl (C=O) groups is 3. The molecule has 0 aromatic rings. The average molecular weight is 892 g/mol. The molecule has 0 aliphatic rings. The molecule has 0 saturated carbocycles. The van der Waals surface area contributed by atoms with Gasteiger partial charge in [-0.3, -0.25) is 14.4 Å². The average Bonchev–Trinajstić information content (AvgIpc) is 3.25. The molecule has 0 unspecified atom stereocenters. The van der Waals surface area contributed by atoms with E-state index in [1.165, 1.54) is 205 Å². The van der Waals surface area contributed by atoms with Crippen molar-refractivity contribution in [2.75, 3.05) is 13.2 Å². The summed E-state index contributed by atoms with van der Waals surface area (Å²) < 4.78 is 16.9. The molecule has 1 atom stereocenters. The Labute approximate surface area is 393 Å². The molecule has 0 saturated heterocycles. The Balaban J connectivity index is 4.29. The number of ether oxygens (including phenoxy) is 3. The third-order valence-electron chi connectivity index (χ3n) is 13.0. The molecule has 63 heavy (non-hydrogen) atoms. The van der Waals surface area contributed by atoms with Crippen LogP contribution in [0.2, 0.25) is 0 Å². The Bertz CT molecular complexity index is 962. The minimum atomic E-state index is -0.762. The zero-order chi connectivity index (χ0) is 46.1. The molecule has 0 spiro atoms. The summed E-state index contributed by atoms with van der Waals surface area (Å²) in [6, 6.07) is 0. The SMILES string of the molecule is CCCCCCCCCCCCCCCCCCCCC(=O)O[C@@H](COC(=O)CCCCCCCCCCCCCCC(C)C)COC(=O)CCCCCCCCCCCC(C)C. The normalized spacial score (nSPS) is 12.0. The number of esters is 3. The first kappa shape index (κ1) is 61.4. The molecular formula is C57H110O6. The van der Waals surface area contributed by atoms with Crippen LogP contribution in [0.15, 0.2) is 0 Å². The van der Waals surface area contributed by atoms with Crippen LogP contribution in [-0.4, -0.2) is 37.2 Å². The first-order valence-electron chi connectivity index (χ1n) is 28.2. The molecule has 0 aromatic carbocycles. The van der Waals surface area contributed by atoms with E-state index in [1.807, 2.05) is 0 Å². The zero-order valence-corrected chi connectivity index (χ0v) is 43.2. The zero-order valence-electron chi connectivity index (χ0n) is 43.2. The van der Waals surface area contributed by atoms with Crippen LogP contribution >= 0.6 is 0 Å². The van der Waals surface area contributed by atoms with Gasteiger partial charge in [-0.1, -0.05) is 279 Å². The largest absolute Gasteiger partial charge is 0.462 e. The molecule has 374 valence electrons. The molecule has 0 heterocycles. The molecule has 0 aliphatic carbocycles. The summed E-state index contributed by atoms with van der Waals surface area (Å²) in [5.74, 6) is 0.799. The van der Waals surface area contributed by atoms with Crippen LogP contribution in [0.4, 0.5) is 0 Å². The summed E-state index contributed by atoms with van der Waals surface area (Å²) in [6.07, 6.45) is 52.4. The summed E-state index contributed by atoms with van der Waals surface area (Å²) in [7, 11) is 0. The van der Waals surface area contributed by atoms with Gasteiger partial charge >= 0.3 is 17.9 Å². The maximum absolute atomic E-state index is 12.8. The van der Waals surface area contributed by atoms with Crippen molar-refractivity contribution in [3.63, 3.8) is 0 Å². The first-order chi connectivity index (χ1) is 30.7. The molecule has 6 heteroatoms. The highest BCUT2D eigenvalue weighted by atomic mass is 16.6. The fourth-order valence-electron chi connectivity index (χ4n) is 8.70. The van der Waals surface area contributed by atoms with E-state index in [-0.39, 0.29) is 31.1 Å². The number of hydrogen-bond acceptors (Lipinski definition) is 6. The van der Waals surface area contributed by atoms with Crippen molar-refractivity contribution in [1.82, 2.24) is 0 Å². The van der Waals surface area contributed by atoms with Crippen molar-refractivity contribution >= 4 is 17.9 Å². The Morgan fingerprint density at radius 2 is 0.524 bits per heavy atom. The van der Waals surface area contributed by atoms with Crippen LogP contribution in [0.25, 0.3) is 0 Å². The highest BCUT2D eigenvalue weighted by Crippen LogP contribution is 2.18. The number of hydrogen-bond donors (Lipinski definition) is 0. The van der Waals surface area contributed by atoms with Gasteiger partial charge in [0.25, 0.3) is 0 Å². The molecule has 0 aromatic heterocycles. The predicted molar refractivity (Wildman–Crippen MR) is 270 cm³/mol. The highest BCUT2D eigenvalue weighted by molar-refractivity contribution is 5.71. The lowest BCUT2D eigenvalue weighted by Crippen LogP contribution is -2.30. The van der Waals surface area contributed by atoms with Crippen LogP contribution in [0.5, 0.6) is 0 Å². The molecule has 0 aliphatic heterocycles. The maximum atomic E-state index is 12.8. The summed E-state index contributed by atoms with van der Waals surface area (Å²) in [5, 5.41) is 0. The first-order valence-corrected chi connectivity index (χ1v) is 28.2. The van der Waals surface area contributed by atoms with Gasteiger partial charge in [0.2, 0.25) is 0 Å². The van der Waals surface area contributed by atoms with Crippen molar-refractivity contribution < 1.29 is 28.6 Å². The van der Waals surface area contributed by atoms with Gasteiger partial charge in [-0.2, -0.15) is 0 Å². The van der Waals surface area contributed by atoms with Crippen LogP contribution in [0.1, 0.15) is 317 Å². The molecular weight excluding hydrogens is 781 g/mol. The van der Waals surface area contributed by atoms with Gasteiger partial charge in [0, 0.05) is 19.3 Å². The third kappa shape index (κ3) is 51.3. The second kappa shape index (κ2) is 49.8. The smallest absolute Gasteiger partial charge is 0.306 e. The second-order valence-electron chi connectivity index (χ2n) is 20.5. The van der Waals surface area contributed by atoms with Gasteiger partial charge in [-0.15, -0.1) is 0 Å². The van der Waals surface area contributed by atoms with E-state index in [0.717, 1.165) is 69.6 Å². The molecule has 0 bridgehead atoms. The van der Waals surface area contributed by atoms with Gasteiger partial charge in [0.15, 0.2) is 6.10 Å². The van der Waals surface area contributed by atoms with Gasteiger partial charge in [0.1, 0.15) is 13.2 Å². The third-order valence-corrected chi connectivity index (χ3v) is 13.0.